The van der Waals surface area contributed by atoms with Gasteiger partial charge in [-0.05, 0) is 38.7 Å². The maximum atomic E-state index is 5.71. The Morgan fingerprint density at radius 2 is 1.92 bits per heavy atom. The normalized spacial score (nSPS) is 11.6. The van der Waals surface area contributed by atoms with Gasteiger partial charge in [0.15, 0.2) is 5.96 Å². The van der Waals surface area contributed by atoms with Gasteiger partial charge >= 0.3 is 0 Å². The summed E-state index contributed by atoms with van der Waals surface area (Å²) in [5.41, 5.74) is 2.44. The smallest absolute Gasteiger partial charge is 0.191 e. The van der Waals surface area contributed by atoms with Crippen LogP contribution in [0.2, 0.25) is 0 Å². The summed E-state index contributed by atoms with van der Waals surface area (Å²) >= 11 is 1.73. The molecule has 0 atom stereocenters. The Morgan fingerprint density at radius 3 is 2.62 bits per heavy atom. The first-order valence-electron chi connectivity index (χ1n) is 9.18. The number of aryl methyl sites for hydroxylation is 2. The summed E-state index contributed by atoms with van der Waals surface area (Å²) in [6.45, 7) is 7.33. The lowest BCUT2D eigenvalue weighted by atomic mass is 10.2. The van der Waals surface area contributed by atoms with Gasteiger partial charge in [-0.25, -0.2) is 4.98 Å². The van der Waals surface area contributed by atoms with Crippen LogP contribution in [-0.2, 0) is 17.7 Å². The van der Waals surface area contributed by atoms with Gasteiger partial charge in [-0.15, -0.1) is 11.3 Å². The molecule has 0 radical (unpaired) electrons. The van der Waals surface area contributed by atoms with Crippen molar-refractivity contribution in [3.63, 3.8) is 0 Å². The van der Waals surface area contributed by atoms with E-state index in [0.717, 1.165) is 55.7 Å². The van der Waals surface area contributed by atoms with E-state index in [1.807, 2.05) is 13.0 Å². The molecule has 0 unspecified atom stereocenters. The number of hydrogen-bond acceptors (Lipinski definition) is 4. The molecule has 1 aromatic carbocycles. The number of nitrogens with one attached hydrogen (secondary N) is 2. The predicted octanol–water partition coefficient (Wildman–Crippen LogP) is 3.46. The number of rotatable bonds is 10. The zero-order chi connectivity index (χ0) is 18.6. The van der Waals surface area contributed by atoms with Gasteiger partial charge < -0.3 is 15.4 Å². The summed E-state index contributed by atoms with van der Waals surface area (Å²) in [6.07, 6.45) is 3.08. The molecule has 1 heterocycles. The number of aromatic nitrogens is 1. The zero-order valence-electron chi connectivity index (χ0n) is 16.0. The van der Waals surface area contributed by atoms with Crippen molar-refractivity contribution in [3.8, 4) is 0 Å². The zero-order valence-corrected chi connectivity index (χ0v) is 16.9. The number of ether oxygens (including phenoxy) is 1. The lowest BCUT2D eigenvalue weighted by Gasteiger charge is -2.11. The first kappa shape index (κ1) is 20.4. The maximum absolute atomic E-state index is 5.71. The van der Waals surface area contributed by atoms with Gasteiger partial charge in [0, 0.05) is 25.1 Å². The van der Waals surface area contributed by atoms with E-state index in [1.165, 1.54) is 10.4 Å². The highest BCUT2D eigenvalue weighted by molar-refractivity contribution is 7.11. The third-order valence-corrected chi connectivity index (χ3v) is 5.16. The van der Waals surface area contributed by atoms with E-state index in [9.17, 15) is 0 Å². The fourth-order valence-corrected chi connectivity index (χ4v) is 3.34. The fourth-order valence-electron chi connectivity index (χ4n) is 2.47. The lowest BCUT2D eigenvalue weighted by molar-refractivity contribution is 0.133. The van der Waals surface area contributed by atoms with Crippen LogP contribution in [0.1, 0.15) is 34.0 Å². The van der Waals surface area contributed by atoms with Gasteiger partial charge in [0.25, 0.3) is 0 Å². The van der Waals surface area contributed by atoms with Gasteiger partial charge in [0.2, 0.25) is 0 Å². The molecule has 0 saturated heterocycles. The van der Waals surface area contributed by atoms with Crippen LogP contribution in [0.15, 0.2) is 35.3 Å². The largest absolute Gasteiger partial charge is 0.381 e. The standard InChI is InChI=1S/C20H30N4OS/c1-16-17(2)26-19(24-16)15-23-20(21-3)22-12-7-8-13-25-14-11-18-9-5-4-6-10-18/h4-6,9-10H,7-8,11-15H2,1-3H3,(H2,21,22,23). The Labute approximate surface area is 160 Å². The second-order valence-electron chi connectivity index (χ2n) is 6.16. The average molecular weight is 375 g/mol. The van der Waals surface area contributed by atoms with Crippen molar-refractivity contribution in [2.24, 2.45) is 4.99 Å². The van der Waals surface area contributed by atoms with Crippen LogP contribution in [0.4, 0.5) is 0 Å². The minimum absolute atomic E-state index is 0.710. The van der Waals surface area contributed by atoms with E-state index in [1.54, 1.807) is 18.4 Å². The summed E-state index contributed by atoms with van der Waals surface area (Å²) in [5.74, 6) is 0.820. The van der Waals surface area contributed by atoms with Crippen molar-refractivity contribution in [2.75, 3.05) is 26.8 Å². The number of nitrogens with zero attached hydrogens (tertiary/aromatic N) is 2. The summed E-state index contributed by atoms with van der Waals surface area (Å²) in [5, 5.41) is 7.74. The number of aliphatic imine (C=N–C) groups is 1. The first-order chi connectivity index (χ1) is 12.7. The van der Waals surface area contributed by atoms with Crippen LogP contribution >= 0.6 is 11.3 Å². The van der Waals surface area contributed by atoms with Gasteiger partial charge in [-0.1, -0.05) is 30.3 Å². The van der Waals surface area contributed by atoms with Gasteiger partial charge in [-0.3, -0.25) is 4.99 Å². The van der Waals surface area contributed by atoms with Crippen LogP contribution < -0.4 is 10.6 Å². The van der Waals surface area contributed by atoms with E-state index in [0.29, 0.717) is 6.54 Å². The molecule has 6 heteroatoms. The Balaban J connectivity index is 1.50. The molecule has 2 N–H and O–H groups in total. The maximum Gasteiger partial charge on any atom is 0.191 e. The lowest BCUT2D eigenvalue weighted by Crippen LogP contribution is -2.37. The van der Waals surface area contributed by atoms with Crippen molar-refractivity contribution in [1.82, 2.24) is 15.6 Å². The van der Waals surface area contributed by atoms with Crippen LogP contribution in [0.5, 0.6) is 0 Å². The molecule has 0 aliphatic carbocycles. The second-order valence-corrected chi connectivity index (χ2v) is 7.44. The van der Waals surface area contributed by atoms with Crippen molar-refractivity contribution >= 4 is 17.3 Å². The number of unbranched alkanes of at least 4 members (excludes halogenated alkanes) is 1. The molecule has 142 valence electrons. The van der Waals surface area contributed by atoms with Crippen molar-refractivity contribution in [3.05, 3.63) is 51.5 Å². The Bertz CT molecular complexity index is 650. The van der Waals surface area contributed by atoms with E-state index >= 15 is 0 Å². The van der Waals surface area contributed by atoms with E-state index in [2.05, 4.69) is 51.8 Å². The van der Waals surface area contributed by atoms with E-state index in [-0.39, 0.29) is 0 Å². The van der Waals surface area contributed by atoms with Crippen LogP contribution in [0.3, 0.4) is 0 Å². The van der Waals surface area contributed by atoms with Crippen molar-refractivity contribution < 1.29 is 4.74 Å². The van der Waals surface area contributed by atoms with Gasteiger partial charge in [0.1, 0.15) is 5.01 Å². The highest BCUT2D eigenvalue weighted by Crippen LogP contribution is 2.15. The Morgan fingerprint density at radius 1 is 1.12 bits per heavy atom. The molecule has 1 aromatic heterocycles. The molecular weight excluding hydrogens is 344 g/mol. The molecular formula is C20H30N4OS. The molecule has 2 rings (SSSR count). The van der Waals surface area contributed by atoms with Crippen LogP contribution in [-0.4, -0.2) is 37.7 Å². The molecule has 2 aromatic rings. The molecule has 0 aliphatic rings. The molecule has 0 aliphatic heterocycles. The number of hydrogen-bond donors (Lipinski definition) is 2. The first-order valence-corrected chi connectivity index (χ1v) is 10.00. The quantitative estimate of drug-likeness (QED) is 0.380. The SMILES string of the molecule is CN=C(NCCCCOCCc1ccccc1)NCc1nc(C)c(C)s1. The topological polar surface area (TPSA) is 58.5 Å². The summed E-state index contributed by atoms with van der Waals surface area (Å²) in [7, 11) is 1.79. The molecule has 0 saturated carbocycles. The molecule has 26 heavy (non-hydrogen) atoms. The number of guanidine groups is 1. The summed E-state index contributed by atoms with van der Waals surface area (Å²) in [6, 6.07) is 10.5. The molecule has 0 bridgehead atoms. The number of benzene rings is 1. The molecule has 0 fully saturated rings. The molecule has 0 amide bonds. The minimum Gasteiger partial charge on any atom is -0.381 e. The van der Waals surface area contributed by atoms with Gasteiger partial charge in [0.05, 0.1) is 18.8 Å². The number of thiazole rings is 1. The average Bonchev–Trinajstić information content (AvgIpc) is 2.98. The third-order valence-electron chi connectivity index (χ3n) is 4.09. The Hall–Kier alpha value is -1.92. The molecule has 5 nitrogen and oxygen atoms in total. The third kappa shape index (κ3) is 7.54. The van der Waals surface area contributed by atoms with E-state index in [4.69, 9.17) is 4.74 Å². The molecule has 0 spiro atoms. The minimum atomic E-state index is 0.710. The van der Waals surface area contributed by atoms with E-state index < -0.39 is 0 Å². The predicted molar refractivity (Wildman–Crippen MR) is 110 cm³/mol. The van der Waals surface area contributed by atoms with Crippen LogP contribution in [0.25, 0.3) is 0 Å². The van der Waals surface area contributed by atoms with Crippen molar-refractivity contribution in [2.45, 2.75) is 39.7 Å². The Kier molecular flexibility index (Phi) is 9.14. The van der Waals surface area contributed by atoms with Gasteiger partial charge in [-0.2, -0.15) is 0 Å². The monoisotopic (exact) mass is 374 g/mol. The highest BCUT2D eigenvalue weighted by Gasteiger charge is 2.04. The summed E-state index contributed by atoms with van der Waals surface area (Å²) < 4.78 is 5.71. The van der Waals surface area contributed by atoms with Crippen LogP contribution in [0, 0.1) is 13.8 Å². The highest BCUT2D eigenvalue weighted by atomic mass is 32.1. The van der Waals surface area contributed by atoms with Crippen molar-refractivity contribution in [1.29, 1.82) is 0 Å². The second kappa shape index (κ2) is 11.6. The fraction of sp³-hybridized carbons (Fsp3) is 0.500. The summed E-state index contributed by atoms with van der Waals surface area (Å²) in [4.78, 5) is 10.1.